The van der Waals surface area contributed by atoms with Crippen LogP contribution < -0.4 is 14.4 Å². The SMILES string of the molecule is CCCOc1ccc(-c2noc(C3CC(=O)N(c4ccc(OCC)cc4)C3)n2)cc1. The second-order valence-electron chi connectivity index (χ2n) is 7.16. The summed E-state index contributed by atoms with van der Waals surface area (Å²) in [6.45, 7) is 5.82. The van der Waals surface area contributed by atoms with Gasteiger partial charge in [-0.15, -0.1) is 0 Å². The molecule has 1 unspecified atom stereocenters. The van der Waals surface area contributed by atoms with Crippen LogP contribution in [0.1, 0.15) is 38.5 Å². The zero-order valence-corrected chi connectivity index (χ0v) is 17.2. The van der Waals surface area contributed by atoms with Gasteiger partial charge in [-0.25, -0.2) is 0 Å². The van der Waals surface area contributed by atoms with Gasteiger partial charge in [-0.2, -0.15) is 4.98 Å². The predicted octanol–water partition coefficient (Wildman–Crippen LogP) is 4.44. The maximum Gasteiger partial charge on any atom is 0.232 e. The molecular formula is C23H25N3O4. The summed E-state index contributed by atoms with van der Waals surface area (Å²) in [5.41, 5.74) is 1.69. The average molecular weight is 407 g/mol. The second-order valence-corrected chi connectivity index (χ2v) is 7.16. The minimum absolute atomic E-state index is 0.0429. The monoisotopic (exact) mass is 407 g/mol. The lowest BCUT2D eigenvalue weighted by molar-refractivity contribution is -0.117. The highest BCUT2D eigenvalue weighted by Crippen LogP contribution is 2.33. The van der Waals surface area contributed by atoms with Crippen LogP contribution in [0.3, 0.4) is 0 Å². The maximum atomic E-state index is 12.6. The molecule has 2 heterocycles. The van der Waals surface area contributed by atoms with Crippen molar-refractivity contribution in [2.75, 3.05) is 24.7 Å². The number of amides is 1. The molecule has 30 heavy (non-hydrogen) atoms. The topological polar surface area (TPSA) is 77.7 Å². The first-order valence-corrected chi connectivity index (χ1v) is 10.3. The smallest absolute Gasteiger partial charge is 0.232 e. The fourth-order valence-electron chi connectivity index (χ4n) is 3.45. The lowest BCUT2D eigenvalue weighted by Crippen LogP contribution is -2.24. The Morgan fingerprint density at radius 3 is 2.43 bits per heavy atom. The Bertz CT molecular complexity index is 982. The van der Waals surface area contributed by atoms with E-state index in [9.17, 15) is 4.79 Å². The van der Waals surface area contributed by atoms with Gasteiger partial charge in [0.25, 0.3) is 0 Å². The molecule has 1 aliphatic rings. The molecule has 0 N–H and O–H groups in total. The van der Waals surface area contributed by atoms with Gasteiger partial charge >= 0.3 is 0 Å². The summed E-state index contributed by atoms with van der Waals surface area (Å²) in [6.07, 6.45) is 1.31. The molecule has 0 bridgehead atoms. The van der Waals surface area contributed by atoms with Gasteiger partial charge in [-0.05, 0) is 61.9 Å². The first-order valence-electron chi connectivity index (χ1n) is 10.3. The summed E-state index contributed by atoms with van der Waals surface area (Å²) in [4.78, 5) is 18.9. The van der Waals surface area contributed by atoms with Gasteiger partial charge in [-0.1, -0.05) is 12.1 Å². The molecular weight excluding hydrogens is 382 g/mol. The van der Waals surface area contributed by atoms with E-state index in [-0.39, 0.29) is 11.8 Å². The number of ether oxygens (including phenoxy) is 2. The van der Waals surface area contributed by atoms with Crippen LogP contribution in [0.15, 0.2) is 53.1 Å². The number of carbonyl (C=O) groups is 1. The van der Waals surface area contributed by atoms with E-state index >= 15 is 0 Å². The molecule has 1 amide bonds. The van der Waals surface area contributed by atoms with Gasteiger partial charge in [0, 0.05) is 24.2 Å². The van der Waals surface area contributed by atoms with Crippen molar-refractivity contribution in [3.8, 4) is 22.9 Å². The number of benzene rings is 2. The highest BCUT2D eigenvalue weighted by Gasteiger charge is 2.35. The molecule has 7 nitrogen and oxygen atoms in total. The minimum atomic E-state index is -0.127. The van der Waals surface area contributed by atoms with E-state index < -0.39 is 0 Å². The number of rotatable bonds is 8. The average Bonchev–Trinajstić information content (AvgIpc) is 3.41. The van der Waals surface area contributed by atoms with Gasteiger partial charge in [0.05, 0.1) is 19.1 Å². The van der Waals surface area contributed by atoms with Crippen molar-refractivity contribution in [2.45, 2.75) is 32.6 Å². The van der Waals surface area contributed by atoms with E-state index in [4.69, 9.17) is 14.0 Å². The standard InChI is InChI=1S/C23H25N3O4/c1-3-13-29-20-9-5-16(6-10-20)22-24-23(30-25-22)17-14-21(27)26(15-17)18-7-11-19(12-8-18)28-4-2/h5-12,17H,3-4,13-15H2,1-2H3. The third-order valence-electron chi connectivity index (χ3n) is 4.96. The van der Waals surface area contributed by atoms with Crippen LogP contribution >= 0.6 is 0 Å². The quantitative estimate of drug-likeness (QED) is 0.549. The highest BCUT2D eigenvalue weighted by atomic mass is 16.5. The molecule has 1 atom stereocenters. The molecule has 1 saturated heterocycles. The first kappa shape index (κ1) is 19.9. The molecule has 0 radical (unpaired) electrons. The highest BCUT2D eigenvalue weighted by molar-refractivity contribution is 5.96. The summed E-state index contributed by atoms with van der Waals surface area (Å²) >= 11 is 0. The Hall–Kier alpha value is -3.35. The maximum absolute atomic E-state index is 12.6. The summed E-state index contributed by atoms with van der Waals surface area (Å²) in [5, 5.41) is 4.10. The van der Waals surface area contributed by atoms with Gasteiger partial charge in [-0.3, -0.25) is 4.79 Å². The molecule has 0 saturated carbocycles. The zero-order chi connectivity index (χ0) is 20.9. The summed E-state index contributed by atoms with van der Waals surface area (Å²) in [6, 6.07) is 15.1. The van der Waals surface area contributed by atoms with Crippen molar-refractivity contribution < 1.29 is 18.8 Å². The number of hydrogen-bond donors (Lipinski definition) is 0. The lowest BCUT2D eigenvalue weighted by atomic mass is 10.1. The molecule has 156 valence electrons. The van der Waals surface area contributed by atoms with Crippen LogP contribution in [0.25, 0.3) is 11.4 Å². The van der Waals surface area contributed by atoms with Crippen LogP contribution in [-0.2, 0) is 4.79 Å². The number of aromatic nitrogens is 2. The van der Waals surface area contributed by atoms with E-state index in [1.54, 1.807) is 4.90 Å². The van der Waals surface area contributed by atoms with Crippen LogP contribution in [0, 0.1) is 0 Å². The fraction of sp³-hybridized carbons (Fsp3) is 0.348. The molecule has 1 fully saturated rings. The molecule has 3 aromatic rings. The second kappa shape index (κ2) is 8.98. The van der Waals surface area contributed by atoms with E-state index in [1.165, 1.54) is 0 Å². The largest absolute Gasteiger partial charge is 0.494 e. The third-order valence-corrected chi connectivity index (χ3v) is 4.96. The van der Waals surface area contributed by atoms with Crippen LogP contribution in [0.5, 0.6) is 11.5 Å². The molecule has 7 heteroatoms. The molecule has 4 rings (SSSR count). The van der Waals surface area contributed by atoms with E-state index in [0.29, 0.717) is 37.9 Å². The Labute approximate surface area is 175 Å². The van der Waals surface area contributed by atoms with Crippen molar-refractivity contribution >= 4 is 11.6 Å². The fourth-order valence-corrected chi connectivity index (χ4v) is 3.45. The Morgan fingerprint density at radius 1 is 1.03 bits per heavy atom. The van der Waals surface area contributed by atoms with E-state index in [2.05, 4.69) is 17.1 Å². The normalized spacial score (nSPS) is 16.1. The van der Waals surface area contributed by atoms with Crippen molar-refractivity contribution in [1.29, 1.82) is 0 Å². The van der Waals surface area contributed by atoms with Crippen molar-refractivity contribution in [2.24, 2.45) is 0 Å². The molecule has 1 aliphatic heterocycles. The third kappa shape index (κ3) is 4.30. The summed E-state index contributed by atoms with van der Waals surface area (Å²) in [7, 11) is 0. The molecule has 2 aromatic carbocycles. The van der Waals surface area contributed by atoms with E-state index in [1.807, 2.05) is 55.5 Å². The molecule has 0 aliphatic carbocycles. The molecule has 1 aromatic heterocycles. The number of nitrogens with zero attached hydrogens (tertiary/aromatic N) is 3. The van der Waals surface area contributed by atoms with Crippen LogP contribution in [-0.4, -0.2) is 35.8 Å². The number of anilines is 1. The van der Waals surface area contributed by atoms with Crippen molar-refractivity contribution in [3.05, 3.63) is 54.4 Å². The van der Waals surface area contributed by atoms with E-state index in [0.717, 1.165) is 29.2 Å². The summed E-state index contributed by atoms with van der Waals surface area (Å²) in [5.74, 6) is 2.52. The van der Waals surface area contributed by atoms with Crippen LogP contribution in [0.4, 0.5) is 5.69 Å². The predicted molar refractivity (Wildman–Crippen MR) is 113 cm³/mol. The Balaban J connectivity index is 1.44. The van der Waals surface area contributed by atoms with Crippen molar-refractivity contribution in [3.63, 3.8) is 0 Å². The van der Waals surface area contributed by atoms with Crippen LogP contribution in [0.2, 0.25) is 0 Å². The molecule has 0 spiro atoms. The van der Waals surface area contributed by atoms with Gasteiger partial charge in [0.1, 0.15) is 11.5 Å². The number of hydrogen-bond acceptors (Lipinski definition) is 6. The lowest BCUT2D eigenvalue weighted by Gasteiger charge is -2.16. The van der Waals surface area contributed by atoms with Gasteiger partial charge in [0.15, 0.2) is 0 Å². The Morgan fingerprint density at radius 2 is 1.73 bits per heavy atom. The van der Waals surface area contributed by atoms with Gasteiger partial charge < -0.3 is 18.9 Å². The zero-order valence-electron chi connectivity index (χ0n) is 17.2. The minimum Gasteiger partial charge on any atom is -0.494 e. The van der Waals surface area contributed by atoms with Crippen molar-refractivity contribution in [1.82, 2.24) is 10.1 Å². The van der Waals surface area contributed by atoms with Gasteiger partial charge in [0.2, 0.25) is 17.6 Å². The Kier molecular flexibility index (Phi) is 5.97. The summed E-state index contributed by atoms with van der Waals surface area (Å²) < 4.78 is 16.6. The first-order chi connectivity index (χ1) is 14.7. The number of carbonyl (C=O) groups excluding carboxylic acids is 1.